The van der Waals surface area contributed by atoms with Crippen LogP contribution in [0.25, 0.3) is 11.3 Å². The second kappa shape index (κ2) is 10.7. The zero-order valence-electron chi connectivity index (χ0n) is 19.7. The second-order valence-corrected chi connectivity index (χ2v) is 8.41. The van der Waals surface area contributed by atoms with E-state index in [1.807, 2.05) is 37.3 Å². The maximum absolute atomic E-state index is 13.2. The lowest BCUT2D eigenvalue weighted by molar-refractivity contribution is -0.137. The number of benzene rings is 2. The molecule has 0 bridgehead atoms. The normalized spacial score (nSPS) is 13.2. The van der Waals surface area contributed by atoms with E-state index in [1.165, 1.54) is 16.9 Å². The fourth-order valence-electron chi connectivity index (χ4n) is 3.72. The van der Waals surface area contributed by atoms with Gasteiger partial charge < -0.3 is 10.6 Å². The van der Waals surface area contributed by atoms with E-state index in [2.05, 4.69) is 25.8 Å². The van der Waals surface area contributed by atoms with Crippen LogP contribution in [-0.2, 0) is 18.0 Å². The first kappa shape index (κ1) is 25.1. The Morgan fingerprint density at radius 3 is 2.28 bits per heavy atom. The molecule has 4 aromatic rings. The highest BCUT2D eigenvalue weighted by atomic mass is 19.4. The minimum Gasteiger partial charge on any atom is -0.309 e. The van der Waals surface area contributed by atoms with Gasteiger partial charge in [-0.1, -0.05) is 49.4 Å². The summed E-state index contributed by atoms with van der Waals surface area (Å²) in [5.41, 5.74) is 2.24. The van der Waals surface area contributed by atoms with Crippen LogP contribution >= 0.6 is 0 Å². The van der Waals surface area contributed by atoms with E-state index >= 15 is 0 Å². The minimum absolute atomic E-state index is 0.129. The third-order valence-electron chi connectivity index (χ3n) is 5.74. The molecule has 0 aliphatic rings. The number of anilines is 1. The minimum atomic E-state index is -4.38. The number of aryl methyl sites for hydroxylation is 1. The van der Waals surface area contributed by atoms with Crippen LogP contribution in [0.3, 0.4) is 0 Å². The van der Waals surface area contributed by atoms with Crippen LogP contribution in [0.2, 0.25) is 0 Å². The Morgan fingerprint density at radius 2 is 1.69 bits per heavy atom. The Bertz CT molecular complexity index is 1290. The van der Waals surface area contributed by atoms with Crippen molar-refractivity contribution in [3.8, 4) is 11.3 Å². The molecule has 0 radical (unpaired) electrons. The zero-order valence-corrected chi connectivity index (χ0v) is 19.7. The summed E-state index contributed by atoms with van der Waals surface area (Å²) in [7, 11) is 1.72. The van der Waals surface area contributed by atoms with E-state index in [0.717, 1.165) is 28.8 Å². The van der Waals surface area contributed by atoms with Gasteiger partial charge in [-0.3, -0.25) is 4.79 Å². The highest BCUT2D eigenvalue weighted by molar-refractivity contribution is 5.94. The fourth-order valence-corrected chi connectivity index (χ4v) is 3.72. The molecule has 36 heavy (non-hydrogen) atoms. The van der Waals surface area contributed by atoms with Crippen LogP contribution in [0.5, 0.6) is 0 Å². The van der Waals surface area contributed by atoms with Gasteiger partial charge in [-0.2, -0.15) is 28.2 Å². The fraction of sp³-hybridized carbons (Fsp3) is 0.231. The number of alkyl halides is 3. The molecule has 2 aromatic heterocycles. The molecule has 0 aliphatic heterocycles. The first-order valence-electron chi connectivity index (χ1n) is 11.3. The lowest BCUT2D eigenvalue weighted by Crippen LogP contribution is -2.35. The molecule has 186 valence electrons. The van der Waals surface area contributed by atoms with E-state index in [-0.39, 0.29) is 11.8 Å². The number of pyridine rings is 1. The molecule has 10 heteroatoms. The standard InChI is InChI=1S/C26H25F3N6O/c1-17(18-8-11-21(12-9-18)26(27,28)29)14-31-24(19-6-4-3-5-7-19)25(36)33-23-13-10-20(15-30-23)22-16-32-35(2)34-22/h3-13,15-17,24,31H,14H2,1-2H3,(H,30,33,36)/t17-,24+/m1/s1. The van der Waals surface area contributed by atoms with Crippen LogP contribution in [0, 0.1) is 0 Å². The van der Waals surface area contributed by atoms with E-state index in [0.29, 0.717) is 18.1 Å². The van der Waals surface area contributed by atoms with Crippen molar-refractivity contribution < 1.29 is 18.0 Å². The third kappa shape index (κ3) is 6.14. The molecule has 0 aliphatic carbocycles. The number of nitrogens with one attached hydrogen (secondary N) is 2. The molecule has 0 saturated heterocycles. The van der Waals surface area contributed by atoms with Crippen LogP contribution in [0.1, 0.15) is 35.6 Å². The van der Waals surface area contributed by atoms with Crippen LogP contribution in [0.15, 0.2) is 79.1 Å². The molecule has 0 spiro atoms. The third-order valence-corrected chi connectivity index (χ3v) is 5.74. The second-order valence-electron chi connectivity index (χ2n) is 8.41. The Morgan fingerprint density at radius 1 is 0.972 bits per heavy atom. The molecular formula is C26H25F3N6O. The zero-order chi connectivity index (χ0) is 25.7. The van der Waals surface area contributed by atoms with Gasteiger partial charge in [-0.15, -0.1) is 0 Å². The number of aromatic nitrogens is 4. The van der Waals surface area contributed by atoms with E-state index in [4.69, 9.17) is 0 Å². The van der Waals surface area contributed by atoms with Crippen molar-refractivity contribution in [2.45, 2.75) is 25.1 Å². The monoisotopic (exact) mass is 494 g/mol. The lowest BCUT2D eigenvalue weighted by atomic mass is 9.98. The number of nitrogens with zero attached hydrogens (tertiary/aromatic N) is 4. The Balaban J connectivity index is 1.45. The van der Waals surface area contributed by atoms with Gasteiger partial charge in [0.2, 0.25) is 5.91 Å². The van der Waals surface area contributed by atoms with E-state index < -0.39 is 17.8 Å². The van der Waals surface area contributed by atoms with Crippen molar-refractivity contribution >= 4 is 11.7 Å². The van der Waals surface area contributed by atoms with Gasteiger partial charge >= 0.3 is 6.18 Å². The highest BCUT2D eigenvalue weighted by Crippen LogP contribution is 2.30. The Hall–Kier alpha value is -4.05. The molecule has 2 N–H and O–H groups in total. The van der Waals surface area contributed by atoms with E-state index in [1.54, 1.807) is 31.6 Å². The van der Waals surface area contributed by atoms with Gasteiger partial charge in [0.1, 0.15) is 17.6 Å². The Kier molecular flexibility index (Phi) is 7.44. The lowest BCUT2D eigenvalue weighted by Gasteiger charge is -2.21. The summed E-state index contributed by atoms with van der Waals surface area (Å²) in [5, 5.41) is 14.4. The van der Waals surface area contributed by atoms with Gasteiger partial charge in [-0.25, -0.2) is 4.98 Å². The number of carbonyl (C=O) groups is 1. The molecule has 0 fully saturated rings. The van der Waals surface area contributed by atoms with Crippen LogP contribution < -0.4 is 10.6 Å². The molecular weight excluding hydrogens is 469 g/mol. The summed E-state index contributed by atoms with van der Waals surface area (Å²) in [5.74, 6) is -0.0533. The Labute approximate surface area is 206 Å². The van der Waals surface area contributed by atoms with Crippen molar-refractivity contribution in [2.24, 2.45) is 7.05 Å². The number of hydrogen-bond donors (Lipinski definition) is 2. The summed E-state index contributed by atoms with van der Waals surface area (Å²) < 4.78 is 38.6. The molecule has 0 saturated carbocycles. The molecule has 2 aromatic carbocycles. The van der Waals surface area contributed by atoms with E-state index in [9.17, 15) is 18.0 Å². The summed E-state index contributed by atoms with van der Waals surface area (Å²) >= 11 is 0. The molecule has 4 rings (SSSR count). The molecule has 1 amide bonds. The topological polar surface area (TPSA) is 84.7 Å². The molecule has 7 nitrogen and oxygen atoms in total. The van der Waals surface area contributed by atoms with Crippen molar-refractivity contribution in [3.63, 3.8) is 0 Å². The van der Waals surface area contributed by atoms with Crippen molar-refractivity contribution in [1.82, 2.24) is 25.3 Å². The number of rotatable bonds is 8. The average Bonchev–Trinajstić information content (AvgIpc) is 3.31. The maximum Gasteiger partial charge on any atom is 0.416 e. The number of halogens is 3. The summed E-state index contributed by atoms with van der Waals surface area (Å²) in [6, 6.07) is 17.1. The summed E-state index contributed by atoms with van der Waals surface area (Å²) in [6.07, 6.45) is -1.14. The average molecular weight is 495 g/mol. The maximum atomic E-state index is 13.2. The largest absolute Gasteiger partial charge is 0.416 e. The molecule has 2 atom stereocenters. The first-order chi connectivity index (χ1) is 17.2. The predicted octanol–water partition coefficient (Wildman–Crippen LogP) is 4.97. The van der Waals surface area contributed by atoms with Gasteiger partial charge in [0.15, 0.2) is 0 Å². The predicted molar refractivity (Wildman–Crippen MR) is 130 cm³/mol. The summed E-state index contributed by atoms with van der Waals surface area (Å²) in [6.45, 7) is 2.26. The number of carbonyl (C=O) groups excluding carboxylic acids is 1. The molecule has 2 heterocycles. The van der Waals surface area contributed by atoms with Gasteiger partial charge in [0.25, 0.3) is 0 Å². The van der Waals surface area contributed by atoms with Gasteiger partial charge in [0, 0.05) is 25.4 Å². The van der Waals surface area contributed by atoms with Crippen LogP contribution in [0.4, 0.5) is 19.0 Å². The highest BCUT2D eigenvalue weighted by Gasteiger charge is 2.30. The number of hydrogen-bond acceptors (Lipinski definition) is 5. The SMILES string of the molecule is C[C@H](CN[C@H](C(=O)Nc1ccc(-c2cnn(C)n2)cn1)c1ccccc1)c1ccc(C(F)(F)F)cc1. The van der Waals surface area contributed by atoms with Crippen molar-refractivity contribution in [1.29, 1.82) is 0 Å². The first-order valence-corrected chi connectivity index (χ1v) is 11.3. The molecule has 0 unspecified atom stereocenters. The van der Waals surface area contributed by atoms with Gasteiger partial charge in [-0.05, 0) is 41.3 Å². The van der Waals surface area contributed by atoms with Gasteiger partial charge in [0.05, 0.1) is 11.8 Å². The smallest absolute Gasteiger partial charge is 0.309 e. The number of amides is 1. The van der Waals surface area contributed by atoms with Crippen molar-refractivity contribution in [3.05, 3.63) is 95.8 Å². The quantitative estimate of drug-likeness (QED) is 0.361. The van der Waals surface area contributed by atoms with Crippen molar-refractivity contribution in [2.75, 3.05) is 11.9 Å². The van der Waals surface area contributed by atoms with Crippen LogP contribution in [-0.4, -0.2) is 32.4 Å². The summed E-state index contributed by atoms with van der Waals surface area (Å²) in [4.78, 5) is 19.0.